The predicted octanol–water partition coefficient (Wildman–Crippen LogP) is 4.35. The molecule has 0 saturated carbocycles. The number of hydrogen-bond donors (Lipinski definition) is 1. The van der Waals surface area contributed by atoms with Crippen molar-refractivity contribution < 1.29 is 14.6 Å². The Bertz CT molecular complexity index is 432. The van der Waals surface area contributed by atoms with E-state index >= 15 is 0 Å². The highest BCUT2D eigenvalue weighted by Crippen LogP contribution is 2.36. The Morgan fingerprint density at radius 2 is 1.65 bits per heavy atom. The minimum Gasteiger partial charge on any atom is -0.496 e. The fourth-order valence-electron chi connectivity index (χ4n) is 2.42. The molecular weight excluding hydrogens is 252 g/mol. The number of carboxylic acid groups (broad SMARTS) is 1. The van der Waals surface area contributed by atoms with Crippen LogP contribution in [-0.4, -0.2) is 18.2 Å². The number of aliphatic carboxylic acids is 1. The number of rotatable bonds is 7. The summed E-state index contributed by atoms with van der Waals surface area (Å²) in [6.45, 7) is 8.62. The molecule has 0 atom stereocenters. The normalized spacial score (nSPS) is 11.2. The molecule has 0 aliphatic carbocycles. The Kier molecular flexibility index (Phi) is 6.05. The molecule has 0 aliphatic rings. The number of carboxylic acids is 1. The Hall–Kier alpha value is -1.51. The summed E-state index contributed by atoms with van der Waals surface area (Å²) in [6.07, 6.45) is 1.70. The van der Waals surface area contributed by atoms with Crippen LogP contribution in [0.25, 0.3) is 0 Å². The molecule has 3 nitrogen and oxygen atoms in total. The summed E-state index contributed by atoms with van der Waals surface area (Å²) in [4.78, 5) is 10.6. The lowest BCUT2D eigenvalue weighted by atomic mass is 9.90. The summed E-state index contributed by atoms with van der Waals surface area (Å²) in [5.74, 6) is 1.03. The number of hydrogen-bond acceptors (Lipinski definition) is 2. The quantitative estimate of drug-likeness (QED) is 0.806. The molecule has 3 heteroatoms. The van der Waals surface area contributed by atoms with Crippen molar-refractivity contribution in [2.24, 2.45) is 0 Å². The van der Waals surface area contributed by atoms with Crippen molar-refractivity contribution in [3.05, 3.63) is 28.8 Å². The summed E-state index contributed by atoms with van der Waals surface area (Å²) in [6, 6.07) is 4.33. The van der Waals surface area contributed by atoms with Crippen molar-refractivity contribution >= 4 is 5.97 Å². The van der Waals surface area contributed by atoms with Gasteiger partial charge in [0, 0.05) is 6.42 Å². The zero-order valence-electron chi connectivity index (χ0n) is 13.2. The van der Waals surface area contributed by atoms with Crippen LogP contribution in [0.3, 0.4) is 0 Å². The maximum Gasteiger partial charge on any atom is 0.303 e. The van der Waals surface area contributed by atoms with E-state index in [9.17, 15) is 4.79 Å². The van der Waals surface area contributed by atoms with E-state index in [0.29, 0.717) is 18.3 Å². The van der Waals surface area contributed by atoms with Gasteiger partial charge in [-0.1, -0.05) is 39.8 Å². The molecule has 0 saturated heterocycles. The number of ether oxygens (including phenoxy) is 1. The van der Waals surface area contributed by atoms with Gasteiger partial charge >= 0.3 is 5.97 Å². The fraction of sp³-hybridized carbons (Fsp3) is 0.588. The second kappa shape index (κ2) is 7.32. The van der Waals surface area contributed by atoms with Gasteiger partial charge in [-0.3, -0.25) is 4.79 Å². The lowest BCUT2D eigenvalue weighted by molar-refractivity contribution is -0.137. The lowest BCUT2D eigenvalue weighted by Crippen LogP contribution is -2.04. The topological polar surface area (TPSA) is 46.5 Å². The predicted molar refractivity (Wildman–Crippen MR) is 81.7 cm³/mol. The second-order valence-corrected chi connectivity index (χ2v) is 5.86. The molecule has 0 heterocycles. The van der Waals surface area contributed by atoms with Crippen molar-refractivity contribution in [1.29, 1.82) is 0 Å². The van der Waals surface area contributed by atoms with Crippen LogP contribution in [-0.2, 0) is 11.2 Å². The van der Waals surface area contributed by atoms with Crippen molar-refractivity contribution in [2.75, 3.05) is 7.11 Å². The van der Waals surface area contributed by atoms with Gasteiger partial charge in [0.1, 0.15) is 5.75 Å². The molecule has 0 bridgehead atoms. The molecule has 0 fully saturated rings. The first kappa shape index (κ1) is 16.5. The zero-order chi connectivity index (χ0) is 15.3. The van der Waals surface area contributed by atoms with E-state index in [1.54, 1.807) is 7.11 Å². The van der Waals surface area contributed by atoms with E-state index in [-0.39, 0.29) is 6.42 Å². The lowest BCUT2D eigenvalue weighted by Gasteiger charge is -2.20. The number of benzene rings is 1. The standard InChI is InChI=1S/C17H26O3/c1-11(2)14-9-13(7-6-8-16(18)19)10-15(12(3)4)17(14)20-5/h9-12H,6-8H2,1-5H3,(H,18,19). The van der Waals surface area contributed by atoms with Gasteiger partial charge in [0.05, 0.1) is 7.11 Å². The third-order valence-electron chi connectivity index (χ3n) is 3.51. The summed E-state index contributed by atoms with van der Waals surface area (Å²) >= 11 is 0. The molecule has 1 rings (SSSR count). The van der Waals surface area contributed by atoms with Gasteiger partial charge in [-0.2, -0.15) is 0 Å². The maximum atomic E-state index is 10.6. The molecule has 1 N–H and O–H groups in total. The Morgan fingerprint density at radius 1 is 1.15 bits per heavy atom. The Morgan fingerprint density at radius 3 is 2.00 bits per heavy atom. The van der Waals surface area contributed by atoms with Crippen molar-refractivity contribution in [3.63, 3.8) is 0 Å². The van der Waals surface area contributed by atoms with E-state index in [1.807, 2.05) is 0 Å². The van der Waals surface area contributed by atoms with Gasteiger partial charge < -0.3 is 9.84 Å². The van der Waals surface area contributed by atoms with Gasteiger partial charge in [0.2, 0.25) is 0 Å². The van der Waals surface area contributed by atoms with Crippen LogP contribution in [0.5, 0.6) is 5.75 Å². The van der Waals surface area contributed by atoms with Crippen molar-refractivity contribution in [3.8, 4) is 5.75 Å². The third-order valence-corrected chi connectivity index (χ3v) is 3.51. The third kappa shape index (κ3) is 4.26. The number of carbonyl (C=O) groups is 1. The summed E-state index contributed by atoms with van der Waals surface area (Å²) < 4.78 is 5.60. The highest BCUT2D eigenvalue weighted by atomic mass is 16.5. The van der Waals surface area contributed by atoms with E-state index in [2.05, 4.69) is 39.8 Å². The van der Waals surface area contributed by atoms with Crippen LogP contribution < -0.4 is 4.74 Å². The summed E-state index contributed by atoms with van der Waals surface area (Å²) in [7, 11) is 1.72. The molecule has 0 spiro atoms. The fourth-order valence-corrected chi connectivity index (χ4v) is 2.42. The first-order valence-corrected chi connectivity index (χ1v) is 7.29. The molecule has 20 heavy (non-hydrogen) atoms. The minimum atomic E-state index is -0.730. The number of methoxy groups -OCH3 is 1. The first-order valence-electron chi connectivity index (χ1n) is 7.29. The monoisotopic (exact) mass is 278 g/mol. The van der Waals surface area contributed by atoms with Gasteiger partial charge in [0.25, 0.3) is 0 Å². The molecule has 1 aromatic carbocycles. The van der Waals surface area contributed by atoms with Crippen LogP contribution >= 0.6 is 0 Å². The van der Waals surface area contributed by atoms with E-state index in [1.165, 1.54) is 16.7 Å². The molecule has 0 aromatic heterocycles. The second-order valence-electron chi connectivity index (χ2n) is 5.86. The van der Waals surface area contributed by atoms with Gasteiger partial charge in [-0.15, -0.1) is 0 Å². The van der Waals surface area contributed by atoms with E-state index in [4.69, 9.17) is 9.84 Å². The van der Waals surface area contributed by atoms with Crippen molar-refractivity contribution in [1.82, 2.24) is 0 Å². The van der Waals surface area contributed by atoms with Gasteiger partial charge in [-0.05, 0) is 41.4 Å². The summed E-state index contributed by atoms with van der Waals surface area (Å²) in [5.41, 5.74) is 3.63. The SMILES string of the molecule is COc1c(C(C)C)cc(CCCC(=O)O)cc1C(C)C. The smallest absolute Gasteiger partial charge is 0.303 e. The van der Waals surface area contributed by atoms with Crippen LogP contribution in [0, 0.1) is 0 Å². The Labute approximate surface area is 122 Å². The molecule has 0 unspecified atom stereocenters. The van der Waals surface area contributed by atoms with Gasteiger partial charge in [-0.25, -0.2) is 0 Å². The van der Waals surface area contributed by atoms with Crippen LogP contribution in [0.1, 0.15) is 69.1 Å². The first-order chi connectivity index (χ1) is 9.36. The zero-order valence-corrected chi connectivity index (χ0v) is 13.2. The van der Waals surface area contributed by atoms with E-state index in [0.717, 1.165) is 12.2 Å². The average molecular weight is 278 g/mol. The molecule has 0 aliphatic heterocycles. The minimum absolute atomic E-state index is 0.222. The highest BCUT2D eigenvalue weighted by Gasteiger charge is 2.16. The molecular formula is C17H26O3. The van der Waals surface area contributed by atoms with Crippen LogP contribution in [0.2, 0.25) is 0 Å². The average Bonchev–Trinajstić information content (AvgIpc) is 2.36. The molecule has 1 aromatic rings. The Balaban J connectivity index is 3.10. The van der Waals surface area contributed by atoms with Gasteiger partial charge in [0.15, 0.2) is 0 Å². The van der Waals surface area contributed by atoms with E-state index < -0.39 is 5.97 Å². The summed E-state index contributed by atoms with van der Waals surface area (Å²) in [5, 5.41) is 8.74. The van der Waals surface area contributed by atoms with Crippen molar-refractivity contribution in [2.45, 2.75) is 58.8 Å². The molecule has 112 valence electrons. The van der Waals surface area contributed by atoms with Crippen LogP contribution in [0.15, 0.2) is 12.1 Å². The maximum absolute atomic E-state index is 10.6. The molecule has 0 radical (unpaired) electrons. The molecule has 0 amide bonds. The highest BCUT2D eigenvalue weighted by molar-refractivity contribution is 5.66. The largest absolute Gasteiger partial charge is 0.496 e. The van der Waals surface area contributed by atoms with Crippen LogP contribution in [0.4, 0.5) is 0 Å². The number of aryl methyl sites for hydroxylation is 1.